The maximum Gasteiger partial charge on any atom is 0.251 e. The van der Waals surface area contributed by atoms with Crippen LogP contribution in [0.15, 0.2) is 58.4 Å². The minimum atomic E-state index is -3.67. The summed E-state index contributed by atoms with van der Waals surface area (Å²) in [6.45, 7) is 1.31. The lowest BCUT2D eigenvalue weighted by Crippen LogP contribution is -2.39. The van der Waals surface area contributed by atoms with Crippen LogP contribution in [-0.2, 0) is 22.9 Å². The Morgan fingerprint density at radius 3 is 2.13 bits per heavy atom. The Hall–Kier alpha value is -2.18. The Balaban J connectivity index is 0.00000450. The summed E-state index contributed by atoms with van der Waals surface area (Å²) in [5.41, 5.74) is 2.69. The van der Waals surface area contributed by atoms with E-state index in [-0.39, 0.29) is 34.8 Å². The first-order valence-electron chi connectivity index (χ1n) is 9.21. The number of nitrogens with one attached hydrogen (secondary N) is 3. The van der Waals surface area contributed by atoms with Gasteiger partial charge in [-0.1, -0.05) is 24.3 Å². The van der Waals surface area contributed by atoms with E-state index in [4.69, 9.17) is 5.14 Å². The number of benzene rings is 2. The number of halogens is 1. The third-order valence-electron chi connectivity index (χ3n) is 4.30. The van der Waals surface area contributed by atoms with Crippen molar-refractivity contribution < 1.29 is 13.2 Å². The van der Waals surface area contributed by atoms with E-state index in [1.807, 2.05) is 18.2 Å². The second kappa shape index (κ2) is 12.5. The topological polar surface area (TPSA) is 126 Å². The smallest absolute Gasteiger partial charge is 0.251 e. The first-order chi connectivity index (χ1) is 13.8. The summed E-state index contributed by atoms with van der Waals surface area (Å²) in [4.78, 5) is 16.0. The molecule has 0 heterocycles. The molecular formula is C20H28IN5O3S. The molecule has 0 atom stereocenters. The minimum absolute atomic E-state index is 0. The number of carbonyl (C=O) groups excluding carboxylic acids is 1. The first kappa shape index (κ1) is 25.9. The maximum atomic E-state index is 11.7. The lowest BCUT2D eigenvalue weighted by atomic mass is 10.1. The number of rotatable bonds is 8. The summed E-state index contributed by atoms with van der Waals surface area (Å²) >= 11 is 0. The molecule has 5 N–H and O–H groups in total. The molecule has 0 spiro atoms. The summed E-state index contributed by atoms with van der Waals surface area (Å²) in [6, 6.07) is 14.0. The molecule has 0 aliphatic rings. The van der Waals surface area contributed by atoms with Crippen LogP contribution in [0.4, 0.5) is 0 Å². The van der Waals surface area contributed by atoms with E-state index in [9.17, 15) is 13.2 Å². The molecule has 164 valence electrons. The maximum absolute atomic E-state index is 11.7. The van der Waals surface area contributed by atoms with Crippen LogP contribution < -0.4 is 21.1 Å². The van der Waals surface area contributed by atoms with Gasteiger partial charge in [0.15, 0.2) is 5.96 Å². The third kappa shape index (κ3) is 8.28. The van der Waals surface area contributed by atoms with Gasteiger partial charge in [-0.3, -0.25) is 9.79 Å². The van der Waals surface area contributed by atoms with Gasteiger partial charge in [-0.25, -0.2) is 13.6 Å². The molecule has 0 aliphatic heterocycles. The number of aliphatic imine (C=N–C) groups is 1. The number of guanidine groups is 1. The molecule has 2 aromatic carbocycles. The zero-order valence-electron chi connectivity index (χ0n) is 17.0. The van der Waals surface area contributed by atoms with E-state index in [2.05, 4.69) is 20.9 Å². The predicted molar refractivity (Wildman–Crippen MR) is 130 cm³/mol. The van der Waals surface area contributed by atoms with Crippen molar-refractivity contribution in [2.24, 2.45) is 10.1 Å². The quantitative estimate of drug-likeness (QED) is 0.226. The highest BCUT2D eigenvalue weighted by Crippen LogP contribution is 2.09. The fraction of sp³-hybridized carbons (Fsp3) is 0.300. The highest BCUT2D eigenvalue weighted by Gasteiger charge is 2.07. The van der Waals surface area contributed by atoms with Crippen LogP contribution in [-0.4, -0.2) is 47.5 Å². The molecule has 0 bridgehead atoms. The normalized spacial score (nSPS) is 11.4. The van der Waals surface area contributed by atoms with Gasteiger partial charge in [0.05, 0.1) is 4.90 Å². The molecular weight excluding hydrogens is 517 g/mol. The number of nitrogens with zero attached hydrogens (tertiary/aromatic N) is 1. The van der Waals surface area contributed by atoms with Crippen molar-refractivity contribution in [2.75, 3.05) is 27.2 Å². The largest absolute Gasteiger partial charge is 0.356 e. The molecule has 0 saturated carbocycles. The monoisotopic (exact) mass is 545 g/mol. The number of sulfonamides is 1. The Morgan fingerprint density at radius 1 is 1.00 bits per heavy atom. The summed E-state index contributed by atoms with van der Waals surface area (Å²) in [5.74, 6) is 0.572. The predicted octanol–water partition coefficient (Wildman–Crippen LogP) is 1.26. The van der Waals surface area contributed by atoms with Crippen molar-refractivity contribution in [3.63, 3.8) is 0 Å². The number of nitrogens with two attached hydrogens (primary N) is 1. The minimum Gasteiger partial charge on any atom is -0.356 e. The van der Waals surface area contributed by atoms with Gasteiger partial charge in [-0.2, -0.15) is 0 Å². The number of hydrogen-bond donors (Lipinski definition) is 4. The molecule has 1 amide bonds. The number of hydrogen-bond acceptors (Lipinski definition) is 4. The Bertz CT molecular complexity index is 963. The van der Waals surface area contributed by atoms with Crippen LogP contribution in [0, 0.1) is 0 Å². The molecule has 0 radical (unpaired) electrons. The van der Waals surface area contributed by atoms with Crippen LogP contribution in [0.5, 0.6) is 0 Å². The van der Waals surface area contributed by atoms with Gasteiger partial charge in [0.25, 0.3) is 5.91 Å². The zero-order chi connectivity index (χ0) is 21.3. The van der Waals surface area contributed by atoms with Gasteiger partial charge >= 0.3 is 0 Å². The molecule has 0 unspecified atom stereocenters. The van der Waals surface area contributed by atoms with Crippen molar-refractivity contribution in [1.29, 1.82) is 0 Å². The number of amides is 1. The highest BCUT2D eigenvalue weighted by molar-refractivity contribution is 14.0. The molecule has 8 nitrogen and oxygen atoms in total. The summed E-state index contributed by atoms with van der Waals surface area (Å²) < 4.78 is 22.6. The van der Waals surface area contributed by atoms with E-state index in [1.165, 1.54) is 12.1 Å². The summed E-state index contributed by atoms with van der Waals surface area (Å²) in [7, 11) is -0.358. The Labute approximate surface area is 194 Å². The molecule has 0 saturated heterocycles. The van der Waals surface area contributed by atoms with Gasteiger partial charge in [-0.05, 0) is 48.2 Å². The molecule has 0 fully saturated rings. The van der Waals surface area contributed by atoms with E-state index in [0.717, 1.165) is 17.5 Å². The number of carbonyl (C=O) groups is 1. The molecule has 2 aromatic rings. The third-order valence-corrected chi connectivity index (χ3v) is 5.23. The van der Waals surface area contributed by atoms with Gasteiger partial charge in [-0.15, -0.1) is 24.0 Å². The lowest BCUT2D eigenvalue weighted by Gasteiger charge is -2.12. The Morgan fingerprint density at radius 2 is 1.60 bits per heavy atom. The van der Waals surface area contributed by atoms with Crippen molar-refractivity contribution in [3.05, 3.63) is 65.2 Å². The summed E-state index contributed by atoms with van der Waals surface area (Å²) in [6.07, 6.45) is 1.46. The Kier molecular flexibility index (Phi) is 10.8. The molecule has 30 heavy (non-hydrogen) atoms. The second-order valence-electron chi connectivity index (χ2n) is 6.39. The van der Waals surface area contributed by atoms with Crippen LogP contribution in [0.1, 0.15) is 21.5 Å². The standard InChI is InChI=1S/C20H27N5O3S.HI/c1-22-19(26)17-5-3-4-16(14-17)11-13-25-20(23-2)24-12-10-15-6-8-18(9-7-15)29(21,27)28;/h3-9,14H,10-13H2,1-2H3,(H,22,26)(H2,21,27,28)(H2,23,24,25);1H. The average Bonchev–Trinajstić information content (AvgIpc) is 2.72. The van der Waals surface area contributed by atoms with Crippen molar-refractivity contribution >= 4 is 45.9 Å². The van der Waals surface area contributed by atoms with E-state index in [1.54, 1.807) is 32.3 Å². The fourth-order valence-corrected chi connectivity index (χ4v) is 3.24. The van der Waals surface area contributed by atoms with Crippen molar-refractivity contribution in [1.82, 2.24) is 16.0 Å². The van der Waals surface area contributed by atoms with E-state index >= 15 is 0 Å². The van der Waals surface area contributed by atoms with Gasteiger partial charge in [0, 0.05) is 32.7 Å². The number of primary sulfonamides is 1. The molecule has 0 aliphatic carbocycles. The first-order valence-corrected chi connectivity index (χ1v) is 10.8. The van der Waals surface area contributed by atoms with Crippen LogP contribution in [0.3, 0.4) is 0 Å². The van der Waals surface area contributed by atoms with Gasteiger partial charge < -0.3 is 16.0 Å². The highest BCUT2D eigenvalue weighted by atomic mass is 127. The van der Waals surface area contributed by atoms with Gasteiger partial charge in [0.1, 0.15) is 0 Å². The van der Waals surface area contributed by atoms with Crippen LogP contribution >= 0.6 is 24.0 Å². The summed E-state index contributed by atoms with van der Waals surface area (Å²) in [5, 5.41) is 14.2. The average molecular weight is 545 g/mol. The fourth-order valence-electron chi connectivity index (χ4n) is 2.73. The molecule has 10 heteroatoms. The van der Waals surface area contributed by atoms with E-state index in [0.29, 0.717) is 31.0 Å². The van der Waals surface area contributed by atoms with Crippen molar-refractivity contribution in [2.45, 2.75) is 17.7 Å². The van der Waals surface area contributed by atoms with Gasteiger partial charge in [0.2, 0.25) is 10.0 Å². The van der Waals surface area contributed by atoms with Crippen LogP contribution in [0.25, 0.3) is 0 Å². The zero-order valence-corrected chi connectivity index (χ0v) is 20.2. The van der Waals surface area contributed by atoms with Crippen LogP contribution in [0.2, 0.25) is 0 Å². The second-order valence-corrected chi connectivity index (χ2v) is 7.96. The van der Waals surface area contributed by atoms with E-state index < -0.39 is 10.0 Å². The lowest BCUT2D eigenvalue weighted by molar-refractivity contribution is 0.0963. The molecule has 0 aromatic heterocycles. The molecule has 2 rings (SSSR count). The van der Waals surface area contributed by atoms with Crippen molar-refractivity contribution in [3.8, 4) is 0 Å². The SMILES string of the molecule is CN=C(NCCc1ccc(S(N)(=O)=O)cc1)NCCc1cccc(C(=O)NC)c1.I.